The second kappa shape index (κ2) is 10.2. The Kier molecular flexibility index (Phi) is 7.58. The molecule has 0 bridgehead atoms. The molecule has 1 saturated heterocycles. The summed E-state index contributed by atoms with van der Waals surface area (Å²) in [5.41, 5.74) is 2.06. The maximum Gasteiger partial charge on any atom is 0.323 e. The molecule has 9 heteroatoms. The van der Waals surface area contributed by atoms with Gasteiger partial charge in [-0.25, -0.2) is 9.18 Å². The molecule has 2 amide bonds. The first-order valence-electron chi connectivity index (χ1n) is 10.4. The molecule has 2 aromatic carbocycles. The van der Waals surface area contributed by atoms with Crippen LogP contribution in [-0.4, -0.2) is 42.4 Å². The van der Waals surface area contributed by atoms with Crippen LogP contribution in [0.3, 0.4) is 0 Å². The van der Waals surface area contributed by atoms with Crippen molar-refractivity contribution in [2.45, 2.75) is 45.3 Å². The summed E-state index contributed by atoms with van der Waals surface area (Å²) >= 11 is 5.77. The van der Waals surface area contributed by atoms with E-state index in [9.17, 15) is 14.0 Å². The molecule has 7 nitrogen and oxygen atoms in total. The maximum atomic E-state index is 14.1. The number of morpholine rings is 1. The molecule has 0 aliphatic carbocycles. The lowest BCUT2D eigenvalue weighted by Gasteiger charge is -2.38. The highest BCUT2D eigenvalue weighted by molar-refractivity contribution is 6.30. The molecular formula is C23H27ClFN3O4. The lowest BCUT2D eigenvalue weighted by Crippen LogP contribution is -2.45. The molecule has 3 N–H and O–H groups in total. The van der Waals surface area contributed by atoms with Gasteiger partial charge < -0.3 is 25.4 Å². The highest BCUT2D eigenvalue weighted by Gasteiger charge is 2.25. The zero-order chi connectivity index (χ0) is 23.4. The van der Waals surface area contributed by atoms with Crippen LogP contribution in [0.5, 0.6) is 0 Å². The van der Waals surface area contributed by atoms with Crippen LogP contribution in [0.15, 0.2) is 36.4 Å². The van der Waals surface area contributed by atoms with Crippen molar-refractivity contribution in [3.05, 3.63) is 52.8 Å². The summed E-state index contributed by atoms with van der Waals surface area (Å²) in [6.07, 6.45) is -0.0181. The summed E-state index contributed by atoms with van der Waals surface area (Å²) in [4.78, 5) is 25.9. The largest absolute Gasteiger partial charge is 0.481 e. The third-order valence-electron chi connectivity index (χ3n) is 5.26. The van der Waals surface area contributed by atoms with E-state index < -0.39 is 17.8 Å². The number of carboxylic acids is 1. The molecule has 1 aliphatic rings. The average Bonchev–Trinajstić information content (AvgIpc) is 2.68. The minimum Gasteiger partial charge on any atom is -0.481 e. The Hall–Kier alpha value is -2.84. The van der Waals surface area contributed by atoms with E-state index in [-0.39, 0.29) is 35.3 Å². The topological polar surface area (TPSA) is 90.9 Å². The Morgan fingerprint density at radius 2 is 1.81 bits per heavy atom. The van der Waals surface area contributed by atoms with Gasteiger partial charge in [-0.2, -0.15) is 0 Å². The summed E-state index contributed by atoms with van der Waals surface area (Å²) < 4.78 is 19.9. The van der Waals surface area contributed by atoms with E-state index >= 15 is 0 Å². The number of ether oxygens (including phenoxy) is 1. The molecule has 2 aromatic rings. The van der Waals surface area contributed by atoms with Gasteiger partial charge in [0.05, 0.1) is 35.7 Å². The first-order chi connectivity index (χ1) is 15.1. The highest BCUT2D eigenvalue weighted by Crippen LogP contribution is 2.33. The summed E-state index contributed by atoms with van der Waals surface area (Å²) in [6.45, 7) is 7.05. The van der Waals surface area contributed by atoms with E-state index in [4.69, 9.17) is 21.4 Å². The van der Waals surface area contributed by atoms with Gasteiger partial charge in [0.2, 0.25) is 0 Å². The fourth-order valence-corrected chi connectivity index (χ4v) is 4.02. The van der Waals surface area contributed by atoms with E-state index in [1.54, 1.807) is 6.07 Å². The molecule has 1 aliphatic heterocycles. The fraction of sp³-hybridized carbons (Fsp3) is 0.391. The monoisotopic (exact) mass is 463 g/mol. The second-order valence-corrected chi connectivity index (χ2v) is 8.58. The van der Waals surface area contributed by atoms with E-state index in [1.807, 2.05) is 32.9 Å². The Labute approximate surface area is 191 Å². The Morgan fingerprint density at radius 1 is 1.16 bits per heavy atom. The number of anilines is 3. The van der Waals surface area contributed by atoms with Crippen molar-refractivity contribution in [3.8, 4) is 0 Å². The summed E-state index contributed by atoms with van der Waals surface area (Å²) in [6, 6.07) is 8.88. The van der Waals surface area contributed by atoms with Crippen LogP contribution >= 0.6 is 11.6 Å². The maximum absolute atomic E-state index is 14.1. The Balaban J connectivity index is 1.88. The van der Waals surface area contributed by atoms with E-state index in [0.717, 1.165) is 17.3 Å². The molecule has 0 saturated carbocycles. The van der Waals surface area contributed by atoms with Crippen molar-refractivity contribution in [3.63, 3.8) is 0 Å². The lowest BCUT2D eigenvalue weighted by atomic mass is 9.96. The van der Waals surface area contributed by atoms with Gasteiger partial charge in [0, 0.05) is 18.1 Å². The molecule has 32 heavy (non-hydrogen) atoms. The van der Waals surface area contributed by atoms with Crippen LogP contribution < -0.4 is 15.5 Å². The van der Waals surface area contributed by atoms with Gasteiger partial charge in [0.15, 0.2) is 0 Å². The number of carboxylic acid groups (broad SMARTS) is 1. The van der Waals surface area contributed by atoms with Gasteiger partial charge in [-0.3, -0.25) is 4.79 Å². The molecule has 0 radical (unpaired) electrons. The molecule has 0 aromatic heterocycles. The number of nitrogens with zero attached hydrogens (tertiary/aromatic N) is 1. The van der Waals surface area contributed by atoms with Gasteiger partial charge in [-0.05, 0) is 55.7 Å². The number of hydrogen-bond donors (Lipinski definition) is 3. The first kappa shape index (κ1) is 23.8. The third kappa shape index (κ3) is 6.11. The predicted octanol–water partition coefficient (Wildman–Crippen LogP) is 5.31. The normalized spacial score (nSPS) is 19.3. The number of rotatable bonds is 6. The summed E-state index contributed by atoms with van der Waals surface area (Å²) in [5.74, 6) is -1.79. The van der Waals surface area contributed by atoms with Crippen LogP contribution in [0.4, 0.5) is 26.2 Å². The van der Waals surface area contributed by atoms with Crippen molar-refractivity contribution in [2.24, 2.45) is 0 Å². The van der Waals surface area contributed by atoms with E-state index in [2.05, 4.69) is 15.5 Å². The fourth-order valence-electron chi connectivity index (χ4n) is 3.86. The van der Waals surface area contributed by atoms with Crippen LogP contribution in [0, 0.1) is 5.82 Å². The van der Waals surface area contributed by atoms with Gasteiger partial charge in [0.25, 0.3) is 0 Å². The quantitative estimate of drug-likeness (QED) is 0.539. The number of amides is 2. The van der Waals surface area contributed by atoms with Crippen molar-refractivity contribution >= 4 is 40.7 Å². The second-order valence-electron chi connectivity index (χ2n) is 8.14. The number of aliphatic carboxylic acids is 1. The van der Waals surface area contributed by atoms with Crippen molar-refractivity contribution in [2.75, 3.05) is 28.6 Å². The number of nitrogens with one attached hydrogen (secondary N) is 2. The summed E-state index contributed by atoms with van der Waals surface area (Å²) in [7, 11) is 0. The minimum absolute atomic E-state index is 0.00235. The number of hydrogen-bond acceptors (Lipinski definition) is 4. The van der Waals surface area contributed by atoms with Gasteiger partial charge in [-0.15, -0.1) is 0 Å². The number of benzene rings is 2. The molecule has 172 valence electrons. The van der Waals surface area contributed by atoms with Crippen LogP contribution in [0.25, 0.3) is 0 Å². The summed E-state index contributed by atoms with van der Waals surface area (Å²) in [5, 5.41) is 14.7. The minimum atomic E-state index is -0.900. The van der Waals surface area contributed by atoms with Crippen LogP contribution in [-0.2, 0) is 9.53 Å². The molecule has 1 heterocycles. The van der Waals surface area contributed by atoms with Crippen molar-refractivity contribution < 1.29 is 23.8 Å². The van der Waals surface area contributed by atoms with E-state index in [1.165, 1.54) is 12.1 Å². The number of carbonyl (C=O) groups excluding carboxylic acids is 1. The molecule has 3 atom stereocenters. The molecular weight excluding hydrogens is 437 g/mol. The lowest BCUT2D eigenvalue weighted by molar-refractivity contribution is -0.137. The van der Waals surface area contributed by atoms with Crippen LogP contribution in [0.1, 0.15) is 38.7 Å². The predicted molar refractivity (Wildman–Crippen MR) is 123 cm³/mol. The van der Waals surface area contributed by atoms with Crippen molar-refractivity contribution in [1.29, 1.82) is 0 Å². The van der Waals surface area contributed by atoms with Crippen LogP contribution in [0.2, 0.25) is 5.02 Å². The molecule has 3 rings (SSSR count). The number of urea groups is 1. The third-order valence-corrected chi connectivity index (χ3v) is 5.49. The molecule has 1 fully saturated rings. The SMILES string of the molecule is CC(CC(=O)O)c1ccc(N2C[C@@H](C)O[C@@H](C)C2)c(NC(=O)Nc2ccc(Cl)cc2F)c1. The molecule has 1 unspecified atom stereocenters. The van der Waals surface area contributed by atoms with Crippen molar-refractivity contribution in [1.82, 2.24) is 0 Å². The average molecular weight is 464 g/mol. The van der Waals surface area contributed by atoms with E-state index in [0.29, 0.717) is 18.8 Å². The Morgan fingerprint density at radius 3 is 2.44 bits per heavy atom. The molecule has 0 spiro atoms. The number of carbonyl (C=O) groups is 2. The number of halogens is 2. The smallest absolute Gasteiger partial charge is 0.323 e. The first-order valence-corrected chi connectivity index (χ1v) is 10.8. The van der Waals surface area contributed by atoms with Gasteiger partial charge in [0.1, 0.15) is 5.82 Å². The standard InChI is InChI=1S/C23H27ClFN3O4/c1-13(8-22(29)30)16-4-7-21(28-11-14(2)32-15(3)12-28)20(9-16)27-23(31)26-19-6-5-17(24)10-18(19)25/h4-7,9-10,13-15H,8,11-12H2,1-3H3,(H,29,30)(H2,26,27,31)/t13?,14-,15+. The Bertz CT molecular complexity index is 993. The highest BCUT2D eigenvalue weighted by atomic mass is 35.5. The zero-order valence-corrected chi connectivity index (χ0v) is 18.9. The van der Waals surface area contributed by atoms with Gasteiger partial charge in [-0.1, -0.05) is 24.6 Å². The van der Waals surface area contributed by atoms with Gasteiger partial charge >= 0.3 is 12.0 Å². The zero-order valence-electron chi connectivity index (χ0n) is 18.2.